The van der Waals surface area contributed by atoms with Crippen LogP contribution in [-0.2, 0) is 10.2 Å². The molecule has 4 rings (SSSR count). The number of thioether (sulfide) groups is 1. The molecule has 1 N–H and O–H groups in total. The summed E-state index contributed by atoms with van der Waals surface area (Å²) in [7, 11) is 0. The third-order valence-electron chi connectivity index (χ3n) is 5.88. The van der Waals surface area contributed by atoms with E-state index in [-0.39, 0.29) is 17.1 Å². The second-order valence-corrected chi connectivity index (χ2v) is 11.2. The van der Waals surface area contributed by atoms with Crippen LogP contribution in [0.4, 0.5) is 0 Å². The summed E-state index contributed by atoms with van der Waals surface area (Å²) in [5, 5.41) is 14.4. The van der Waals surface area contributed by atoms with Gasteiger partial charge in [0, 0.05) is 16.3 Å². The number of carbonyl (C=O) groups is 1. The van der Waals surface area contributed by atoms with Crippen molar-refractivity contribution in [3.05, 3.63) is 94.5 Å². The van der Waals surface area contributed by atoms with Gasteiger partial charge in [-0.2, -0.15) is 5.10 Å². The zero-order valence-corrected chi connectivity index (χ0v) is 23.2. The summed E-state index contributed by atoms with van der Waals surface area (Å²) in [5.41, 5.74) is 8.58. The molecule has 0 bridgehead atoms. The molecular weight excluding hydrogens is 502 g/mol. The Morgan fingerprint density at radius 3 is 2.24 bits per heavy atom. The number of amides is 1. The van der Waals surface area contributed by atoms with Gasteiger partial charge in [-0.15, -0.1) is 10.2 Å². The van der Waals surface area contributed by atoms with Crippen molar-refractivity contribution in [2.45, 2.75) is 45.2 Å². The van der Waals surface area contributed by atoms with Gasteiger partial charge in [-0.1, -0.05) is 98.2 Å². The number of aryl methyl sites for hydroxylation is 1. The summed E-state index contributed by atoms with van der Waals surface area (Å²) in [6.07, 6.45) is 0. The molecule has 8 heteroatoms. The van der Waals surface area contributed by atoms with E-state index in [4.69, 9.17) is 11.6 Å². The van der Waals surface area contributed by atoms with E-state index in [1.165, 1.54) is 17.3 Å². The maximum Gasteiger partial charge on any atom is 0.250 e. The number of carbonyl (C=O) groups excluding carboxylic acids is 1. The number of rotatable bonds is 7. The summed E-state index contributed by atoms with van der Waals surface area (Å²) in [6, 6.07) is 23.9. The van der Waals surface area contributed by atoms with Gasteiger partial charge in [-0.25, -0.2) is 5.43 Å². The zero-order valence-electron chi connectivity index (χ0n) is 21.6. The Kier molecular flexibility index (Phi) is 8.15. The first kappa shape index (κ1) is 26.6. The minimum atomic E-state index is -0.229. The minimum Gasteiger partial charge on any atom is -0.272 e. The number of halogens is 1. The van der Waals surface area contributed by atoms with Crippen LogP contribution in [0.2, 0.25) is 5.02 Å². The molecule has 37 heavy (non-hydrogen) atoms. The summed E-state index contributed by atoms with van der Waals surface area (Å²) in [4.78, 5) is 12.6. The zero-order chi connectivity index (χ0) is 26.6. The average Bonchev–Trinajstić information content (AvgIpc) is 3.30. The fourth-order valence-corrected chi connectivity index (χ4v) is 4.53. The van der Waals surface area contributed by atoms with Crippen LogP contribution >= 0.6 is 23.4 Å². The molecule has 0 saturated carbocycles. The van der Waals surface area contributed by atoms with Crippen molar-refractivity contribution in [3.63, 3.8) is 0 Å². The summed E-state index contributed by atoms with van der Waals surface area (Å²) in [5.74, 6) is 0.640. The first-order valence-corrected chi connectivity index (χ1v) is 13.3. The molecule has 0 unspecified atom stereocenters. The standard InChI is InChI=1S/C29H30ClN5OS/c1-19-6-16-25(17-7-19)35-27(22-8-12-23(13-9-22)29(3,4)5)33-34-28(35)37-18-26(36)32-31-20(2)21-10-14-24(30)15-11-21/h6-17H,18H2,1-5H3,(H,32,36). The lowest BCUT2D eigenvalue weighted by Crippen LogP contribution is -2.21. The second kappa shape index (κ2) is 11.3. The Hall–Kier alpha value is -3.42. The van der Waals surface area contributed by atoms with Gasteiger partial charge in [-0.3, -0.25) is 9.36 Å². The van der Waals surface area contributed by atoms with Gasteiger partial charge in [0.15, 0.2) is 11.0 Å². The van der Waals surface area contributed by atoms with E-state index in [0.29, 0.717) is 15.9 Å². The average molecular weight is 532 g/mol. The van der Waals surface area contributed by atoms with E-state index < -0.39 is 0 Å². The van der Waals surface area contributed by atoms with Crippen LogP contribution in [0.15, 0.2) is 83.1 Å². The maximum absolute atomic E-state index is 12.6. The van der Waals surface area contributed by atoms with Gasteiger partial charge >= 0.3 is 0 Å². The number of hydrogen-bond donors (Lipinski definition) is 1. The van der Waals surface area contributed by atoms with Gasteiger partial charge in [0.2, 0.25) is 0 Å². The highest BCUT2D eigenvalue weighted by Gasteiger charge is 2.19. The van der Waals surface area contributed by atoms with Crippen molar-refractivity contribution in [2.24, 2.45) is 5.10 Å². The first-order chi connectivity index (χ1) is 17.6. The molecule has 3 aromatic carbocycles. The molecule has 0 saturated heterocycles. The summed E-state index contributed by atoms with van der Waals surface area (Å²) >= 11 is 7.27. The van der Waals surface area contributed by atoms with Crippen LogP contribution in [-0.4, -0.2) is 32.1 Å². The van der Waals surface area contributed by atoms with E-state index in [1.54, 1.807) is 12.1 Å². The fourth-order valence-electron chi connectivity index (χ4n) is 3.66. The highest BCUT2D eigenvalue weighted by molar-refractivity contribution is 7.99. The number of hydrogen-bond acceptors (Lipinski definition) is 5. The lowest BCUT2D eigenvalue weighted by Gasteiger charge is -2.19. The number of benzene rings is 3. The van der Waals surface area contributed by atoms with Gasteiger partial charge in [0.05, 0.1) is 11.5 Å². The van der Waals surface area contributed by atoms with Gasteiger partial charge in [-0.05, 0) is 54.7 Å². The smallest absolute Gasteiger partial charge is 0.250 e. The molecular formula is C29H30ClN5OS. The lowest BCUT2D eigenvalue weighted by molar-refractivity contribution is -0.118. The normalized spacial score (nSPS) is 12.0. The van der Waals surface area contributed by atoms with Gasteiger partial charge in [0.25, 0.3) is 5.91 Å². The van der Waals surface area contributed by atoms with Crippen molar-refractivity contribution in [1.82, 2.24) is 20.2 Å². The van der Waals surface area contributed by atoms with E-state index >= 15 is 0 Å². The summed E-state index contributed by atoms with van der Waals surface area (Å²) < 4.78 is 1.99. The Morgan fingerprint density at radius 1 is 0.973 bits per heavy atom. The molecule has 4 aromatic rings. The lowest BCUT2D eigenvalue weighted by atomic mass is 9.87. The van der Waals surface area contributed by atoms with Crippen molar-refractivity contribution in [1.29, 1.82) is 0 Å². The van der Waals surface area contributed by atoms with Crippen LogP contribution in [0.25, 0.3) is 17.1 Å². The van der Waals surface area contributed by atoms with Crippen molar-refractivity contribution in [3.8, 4) is 17.1 Å². The van der Waals surface area contributed by atoms with Gasteiger partial charge in [0.1, 0.15) is 0 Å². The molecule has 1 heterocycles. The van der Waals surface area contributed by atoms with Crippen LogP contribution in [0.3, 0.4) is 0 Å². The SMILES string of the molecule is CC(=NNC(=O)CSc1nnc(-c2ccc(C(C)(C)C)cc2)n1-c1ccc(C)cc1)c1ccc(Cl)cc1. The summed E-state index contributed by atoms with van der Waals surface area (Å²) in [6.45, 7) is 10.5. The first-order valence-electron chi connectivity index (χ1n) is 12.0. The Balaban J connectivity index is 1.55. The number of nitrogens with one attached hydrogen (secondary N) is 1. The molecule has 0 fully saturated rings. The van der Waals surface area contributed by atoms with Crippen LogP contribution < -0.4 is 5.43 Å². The van der Waals surface area contributed by atoms with Crippen LogP contribution in [0.5, 0.6) is 0 Å². The molecule has 6 nitrogen and oxygen atoms in total. The quantitative estimate of drug-likeness (QED) is 0.161. The largest absolute Gasteiger partial charge is 0.272 e. The minimum absolute atomic E-state index is 0.0614. The molecule has 0 radical (unpaired) electrons. The molecule has 0 spiro atoms. The van der Waals surface area contributed by atoms with E-state index in [0.717, 1.165) is 28.2 Å². The predicted molar refractivity (Wildman–Crippen MR) is 153 cm³/mol. The van der Waals surface area contributed by atoms with Crippen LogP contribution in [0, 0.1) is 6.92 Å². The highest BCUT2D eigenvalue weighted by Crippen LogP contribution is 2.30. The Morgan fingerprint density at radius 2 is 1.62 bits per heavy atom. The molecule has 0 aliphatic carbocycles. The van der Waals surface area contributed by atoms with E-state index in [2.05, 4.69) is 84.8 Å². The Labute approximate surface area is 227 Å². The molecule has 1 amide bonds. The number of hydrazone groups is 1. The Bertz CT molecular complexity index is 1400. The molecule has 0 aliphatic heterocycles. The van der Waals surface area contributed by atoms with Crippen molar-refractivity contribution >= 4 is 35.0 Å². The van der Waals surface area contributed by atoms with E-state index in [1.807, 2.05) is 35.8 Å². The van der Waals surface area contributed by atoms with Crippen LogP contribution in [0.1, 0.15) is 44.4 Å². The maximum atomic E-state index is 12.6. The number of nitrogens with zero attached hydrogens (tertiary/aromatic N) is 4. The molecule has 0 atom stereocenters. The fraction of sp³-hybridized carbons (Fsp3) is 0.241. The molecule has 0 aliphatic rings. The predicted octanol–water partition coefficient (Wildman–Crippen LogP) is 6.83. The van der Waals surface area contributed by atoms with Crippen molar-refractivity contribution < 1.29 is 4.79 Å². The highest BCUT2D eigenvalue weighted by atomic mass is 35.5. The van der Waals surface area contributed by atoms with E-state index in [9.17, 15) is 4.79 Å². The molecule has 190 valence electrons. The monoisotopic (exact) mass is 531 g/mol. The topological polar surface area (TPSA) is 72.2 Å². The van der Waals surface area contributed by atoms with Crippen molar-refractivity contribution in [2.75, 3.05) is 5.75 Å². The molecule has 1 aromatic heterocycles. The number of aromatic nitrogens is 3. The third kappa shape index (κ3) is 6.67. The van der Waals surface area contributed by atoms with Gasteiger partial charge < -0.3 is 0 Å². The third-order valence-corrected chi connectivity index (χ3v) is 7.06. The second-order valence-electron chi connectivity index (χ2n) is 9.83.